The number of hydrogen-bond donors (Lipinski definition) is 2. The van der Waals surface area contributed by atoms with Crippen molar-refractivity contribution in [3.63, 3.8) is 0 Å². The van der Waals surface area contributed by atoms with Gasteiger partial charge in [-0.15, -0.1) is 0 Å². The normalized spacial score (nSPS) is 10.6. The minimum atomic E-state index is -0.309. The molecule has 0 aliphatic heterocycles. The summed E-state index contributed by atoms with van der Waals surface area (Å²) in [6.07, 6.45) is 0. The number of aryl methyl sites for hydroxylation is 1. The quantitative estimate of drug-likeness (QED) is 0.562. The zero-order chi connectivity index (χ0) is 18.7. The summed E-state index contributed by atoms with van der Waals surface area (Å²) in [4.78, 5) is 12.3. The molecule has 0 unspecified atom stereocenters. The number of hydrogen-bond acceptors (Lipinski definition) is 2. The smallest absolute Gasteiger partial charge is 0.308 e. The Labute approximate surface area is 165 Å². The maximum Gasteiger partial charge on any atom is 0.323 e. The summed E-state index contributed by atoms with van der Waals surface area (Å²) >= 11 is 9.61. The predicted molar refractivity (Wildman–Crippen MR) is 109 cm³/mol. The fourth-order valence-corrected chi connectivity index (χ4v) is 3.09. The van der Waals surface area contributed by atoms with Gasteiger partial charge >= 0.3 is 6.03 Å². The van der Waals surface area contributed by atoms with Crippen molar-refractivity contribution in [3.8, 4) is 0 Å². The summed E-state index contributed by atoms with van der Waals surface area (Å²) < 4.78 is 2.79. The number of amides is 2. The second kappa shape index (κ2) is 7.93. The molecule has 3 rings (SSSR count). The van der Waals surface area contributed by atoms with Gasteiger partial charge in [-0.2, -0.15) is 5.10 Å². The molecule has 1 heterocycles. The zero-order valence-electron chi connectivity index (χ0n) is 14.4. The third kappa shape index (κ3) is 4.26. The zero-order valence-corrected chi connectivity index (χ0v) is 16.7. The molecule has 2 amide bonds. The highest BCUT2D eigenvalue weighted by molar-refractivity contribution is 9.10. The third-order valence-electron chi connectivity index (χ3n) is 4.00. The molecule has 0 bridgehead atoms. The van der Waals surface area contributed by atoms with E-state index in [-0.39, 0.29) is 6.03 Å². The highest BCUT2D eigenvalue weighted by Gasteiger charge is 2.15. The topological polar surface area (TPSA) is 59.0 Å². The summed E-state index contributed by atoms with van der Waals surface area (Å²) in [6.45, 7) is 4.33. The van der Waals surface area contributed by atoms with E-state index >= 15 is 0 Å². The van der Waals surface area contributed by atoms with Crippen LogP contribution in [0, 0.1) is 13.8 Å². The first-order valence-electron chi connectivity index (χ1n) is 8.05. The van der Waals surface area contributed by atoms with Crippen LogP contribution < -0.4 is 10.6 Å². The van der Waals surface area contributed by atoms with Gasteiger partial charge < -0.3 is 10.6 Å². The van der Waals surface area contributed by atoms with Gasteiger partial charge in [-0.05, 0) is 49.7 Å². The van der Waals surface area contributed by atoms with Crippen LogP contribution in [0.4, 0.5) is 16.2 Å². The number of aromatic nitrogens is 2. The minimum absolute atomic E-state index is 0.309. The molecule has 1 aromatic heterocycles. The summed E-state index contributed by atoms with van der Waals surface area (Å²) in [7, 11) is 0. The Morgan fingerprint density at radius 2 is 1.81 bits per heavy atom. The van der Waals surface area contributed by atoms with E-state index in [1.165, 1.54) is 0 Å². The molecule has 0 spiro atoms. The molecule has 2 N–H and O–H groups in total. The van der Waals surface area contributed by atoms with Crippen molar-refractivity contribution < 1.29 is 4.79 Å². The van der Waals surface area contributed by atoms with Crippen molar-refractivity contribution in [2.24, 2.45) is 0 Å². The monoisotopic (exact) mass is 432 g/mol. The van der Waals surface area contributed by atoms with E-state index in [1.807, 2.05) is 67.1 Å². The van der Waals surface area contributed by atoms with Gasteiger partial charge in [-0.25, -0.2) is 4.79 Å². The lowest BCUT2D eigenvalue weighted by atomic mass is 10.2. The lowest BCUT2D eigenvalue weighted by molar-refractivity contribution is 0.262. The van der Waals surface area contributed by atoms with Crippen LogP contribution in [0.15, 0.2) is 53.0 Å². The Bertz CT molecular complexity index is 937. The second-order valence-corrected chi connectivity index (χ2v) is 7.20. The van der Waals surface area contributed by atoms with E-state index in [4.69, 9.17) is 11.6 Å². The maximum absolute atomic E-state index is 12.3. The van der Waals surface area contributed by atoms with Gasteiger partial charge in [0.2, 0.25) is 0 Å². The van der Waals surface area contributed by atoms with Crippen molar-refractivity contribution >= 4 is 44.9 Å². The van der Waals surface area contributed by atoms with Crippen LogP contribution in [0.2, 0.25) is 5.02 Å². The molecule has 0 radical (unpaired) electrons. The second-order valence-electron chi connectivity index (χ2n) is 5.88. The maximum atomic E-state index is 12.3. The average Bonchev–Trinajstić information content (AvgIpc) is 2.86. The molecule has 0 aliphatic carbocycles. The molecular formula is C19H18BrClN4O. The van der Waals surface area contributed by atoms with Crippen LogP contribution in [-0.4, -0.2) is 15.8 Å². The van der Waals surface area contributed by atoms with Crippen molar-refractivity contribution in [1.29, 1.82) is 0 Å². The van der Waals surface area contributed by atoms with Crippen LogP contribution in [0.25, 0.3) is 0 Å². The molecular weight excluding hydrogens is 416 g/mol. The van der Waals surface area contributed by atoms with Gasteiger partial charge in [0.05, 0.1) is 23.6 Å². The van der Waals surface area contributed by atoms with Gasteiger partial charge in [0.25, 0.3) is 0 Å². The van der Waals surface area contributed by atoms with E-state index in [9.17, 15) is 4.79 Å². The van der Waals surface area contributed by atoms with Crippen molar-refractivity contribution in [2.45, 2.75) is 20.4 Å². The molecule has 0 saturated heterocycles. The third-order valence-corrected chi connectivity index (χ3v) is 4.90. The first kappa shape index (κ1) is 18.5. The summed E-state index contributed by atoms with van der Waals surface area (Å²) in [5.41, 5.74) is 4.01. The Hall–Kier alpha value is -2.31. The number of benzene rings is 2. The van der Waals surface area contributed by atoms with E-state index in [2.05, 4.69) is 31.7 Å². The fourth-order valence-electron chi connectivity index (χ4n) is 2.63. The molecule has 5 nitrogen and oxygen atoms in total. The summed E-state index contributed by atoms with van der Waals surface area (Å²) in [5.74, 6) is 0. The van der Waals surface area contributed by atoms with E-state index < -0.39 is 0 Å². The van der Waals surface area contributed by atoms with Crippen LogP contribution in [0.3, 0.4) is 0 Å². The Balaban J connectivity index is 1.74. The minimum Gasteiger partial charge on any atom is -0.308 e. The largest absolute Gasteiger partial charge is 0.323 e. The number of nitrogens with zero attached hydrogens (tertiary/aromatic N) is 2. The van der Waals surface area contributed by atoms with Crippen LogP contribution in [0.5, 0.6) is 0 Å². The van der Waals surface area contributed by atoms with Gasteiger partial charge in [0.1, 0.15) is 0 Å². The lowest BCUT2D eigenvalue weighted by Gasteiger charge is -2.09. The van der Waals surface area contributed by atoms with Crippen LogP contribution in [-0.2, 0) is 6.54 Å². The molecule has 0 fully saturated rings. The van der Waals surface area contributed by atoms with Gasteiger partial charge in [-0.3, -0.25) is 4.68 Å². The van der Waals surface area contributed by atoms with Crippen LogP contribution in [0.1, 0.15) is 17.0 Å². The number of carbonyl (C=O) groups excluding carboxylic acids is 1. The highest BCUT2D eigenvalue weighted by atomic mass is 79.9. The molecule has 0 atom stereocenters. The highest BCUT2D eigenvalue weighted by Crippen LogP contribution is 2.23. The van der Waals surface area contributed by atoms with Crippen LogP contribution >= 0.6 is 27.5 Å². The Morgan fingerprint density at radius 3 is 2.50 bits per heavy atom. The summed E-state index contributed by atoms with van der Waals surface area (Å²) in [5, 5.41) is 10.9. The van der Waals surface area contributed by atoms with E-state index in [0.29, 0.717) is 22.9 Å². The predicted octanol–water partition coefficient (Wildman–Crippen LogP) is 5.61. The Morgan fingerprint density at radius 1 is 1.12 bits per heavy atom. The number of carbonyl (C=O) groups is 1. The SMILES string of the molecule is Cc1nn(Cc2ccccc2Cl)c(C)c1NC(=O)Nc1ccc(Br)cc1. The molecule has 0 saturated carbocycles. The summed E-state index contributed by atoms with van der Waals surface area (Å²) in [6, 6.07) is 14.7. The van der Waals surface area contributed by atoms with Gasteiger partial charge in [0.15, 0.2) is 0 Å². The molecule has 134 valence electrons. The number of nitrogens with one attached hydrogen (secondary N) is 2. The molecule has 26 heavy (non-hydrogen) atoms. The first-order valence-corrected chi connectivity index (χ1v) is 9.22. The molecule has 3 aromatic rings. The molecule has 7 heteroatoms. The average molecular weight is 434 g/mol. The molecule has 0 aliphatic rings. The van der Waals surface area contributed by atoms with Crippen molar-refractivity contribution in [1.82, 2.24) is 9.78 Å². The van der Waals surface area contributed by atoms with E-state index in [0.717, 1.165) is 21.4 Å². The number of anilines is 2. The first-order chi connectivity index (χ1) is 12.4. The molecule has 2 aromatic carbocycles. The number of rotatable bonds is 4. The lowest BCUT2D eigenvalue weighted by Crippen LogP contribution is -2.20. The van der Waals surface area contributed by atoms with Gasteiger partial charge in [-0.1, -0.05) is 45.7 Å². The number of halogens is 2. The van der Waals surface area contributed by atoms with Crippen molar-refractivity contribution in [3.05, 3.63) is 75.0 Å². The Kier molecular flexibility index (Phi) is 5.64. The van der Waals surface area contributed by atoms with Gasteiger partial charge in [0, 0.05) is 15.2 Å². The van der Waals surface area contributed by atoms with E-state index in [1.54, 1.807) is 0 Å². The van der Waals surface area contributed by atoms with Crippen molar-refractivity contribution in [2.75, 3.05) is 10.6 Å². The number of urea groups is 1. The standard InChI is InChI=1S/C19H18BrClN4O/c1-12-18(23-19(26)22-16-9-7-15(20)8-10-16)13(2)25(24-12)11-14-5-3-4-6-17(14)21/h3-10H,11H2,1-2H3,(H2,22,23,26). The fraction of sp³-hybridized carbons (Fsp3) is 0.158.